The first-order valence-electron chi connectivity index (χ1n) is 6.91. The molecule has 21 heavy (non-hydrogen) atoms. The molecule has 118 valence electrons. The maximum absolute atomic E-state index is 13.5. The molecule has 0 saturated heterocycles. The van der Waals surface area contributed by atoms with Gasteiger partial charge in [0.1, 0.15) is 0 Å². The zero-order valence-corrected chi connectivity index (χ0v) is 12.9. The van der Waals surface area contributed by atoms with E-state index in [1.165, 1.54) is 25.3 Å². The standard InChI is InChI=1S/C15H23FN2O3/c1-5-10(2)15(3,20)9-17-14(19)18-11-6-7-13(21-4)12(16)8-11/h6-8,10,20H,5,9H2,1-4H3,(H2,17,18,19). The SMILES string of the molecule is CCC(C)C(C)(O)CNC(=O)Nc1ccc(OC)c(F)c1. The smallest absolute Gasteiger partial charge is 0.319 e. The molecule has 5 nitrogen and oxygen atoms in total. The van der Waals surface area contributed by atoms with Crippen molar-refractivity contribution in [1.29, 1.82) is 0 Å². The summed E-state index contributed by atoms with van der Waals surface area (Å²) in [6, 6.07) is 3.64. The summed E-state index contributed by atoms with van der Waals surface area (Å²) in [5, 5.41) is 15.3. The van der Waals surface area contributed by atoms with Crippen LogP contribution in [0.4, 0.5) is 14.9 Å². The Morgan fingerprint density at radius 3 is 2.71 bits per heavy atom. The van der Waals surface area contributed by atoms with Crippen LogP contribution in [0.25, 0.3) is 0 Å². The van der Waals surface area contributed by atoms with Crippen molar-refractivity contribution >= 4 is 11.7 Å². The third-order valence-corrected chi connectivity index (χ3v) is 3.69. The summed E-state index contributed by atoms with van der Waals surface area (Å²) in [6.45, 7) is 5.68. The van der Waals surface area contributed by atoms with E-state index in [-0.39, 0.29) is 18.2 Å². The molecule has 0 bridgehead atoms. The summed E-state index contributed by atoms with van der Waals surface area (Å²) in [5.74, 6) is -0.390. The molecule has 0 heterocycles. The number of nitrogens with one attached hydrogen (secondary N) is 2. The fourth-order valence-corrected chi connectivity index (χ4v) is 1.79. The number of carbonyl (C=O) groups is 1. The van der Waals surface area contributed by atoms with Crippen LogP contribution in [0.3, 0.4) is 0 Å². The highest BCUT2D eigenvalue weighted by Crippen LogP contribution is 2.21. The first-order valence-corrected chi connectivity index (χ1v) is 6.91. The van der Waals surface area contributed by atoms with Crippen molar-refractivity contribution in [2.45, 2.75) is 32.8 Å². The molecule has 1 aromatic rings. The first kappa shape index (κ1) is 17.2. The Balaban J connectivity index is 2.56. The lowest BCUT2D eigenvalue weighted by atomic mass is 9.89. The molecule has 0 radical (unpaired) electrons. The molecule has 0 aliphatic carbocycles. The number of hydrogen-bond acceptors (Lipinski definition) is 3. The minimum atomic E-state index is -0.989. The number of rotatable bonds is 6. The monoisotopic (exact) mass is 298 g/mol. The molecule has 1 rings (SSSR count). The number of ether oxygens (including phenoxy) is 1. The average molecular weight is 298 g/mol. The van der Waals surface area contributed by atoms with Crippen molar-refractivity contribution in [2.75, 3.05) is 19.0 Å². The van der Waals surface area contributed by atoms with E-state index in [1.54, 1.807) is 6.92 Å². The van der Waals surface area contributed by atoms with E-state index < -0.39 is 17.4 Å². The van der Waals surface area contributed by atoms with Gasteiger partial charge in [0.25, 0.3) is 0 Å². The lowest BCUT2D eigenvalue weighted by molar-refractivity contribution is 0.00827. The summed E-state index contributed by atoms with van der Waals surface area (Å²) >= 11 is 0. The number of anilines is 1. The number of benzene rings is 1. The number of urea groups is 1. The number of hydrogen-bond donors (Lipinski definition) is 3. The van der Waals surface area contributed by atoms with E-state index in [4.69, 9.17) is 4.74 Å². The molecular weight excluding hydrogens is 275 g/mol. The Labute approximate surface area is 124 Å². The molecule has 0 fully saturated rings. The van der Waals surface area contributed by atoms with Crippen molar-refractivity contribution in [3.05, 3.63) is 24.0 Å². The second kappa shape index (κ2) is 7.26. The van der Waals surface area contributed by atoms with Gasteiger partial charge in [0.05, 0.1) is 12.7 Å². The van der Waals surface area contributed by atoms with Gasteiger partial charge in [-0.15, -0.1) is 0 Å². The Hall–Kier alpha value is -1.82. The minimum Gasteiger partial charge on any atom is -0.494 e. The average Bonchev–Trinajstić information content (AvgIpc) is 2.44. The summed E-state index contributed by atoms with van der Waals surface area (Å²) in [7, 11) is 1.37. The van der Waals surface area contributed by atoms with E-state index in [2.05, 4.69) is 10.6 Å². The van der Waals surface area contributed by atoms with Gasteiger partial charge in [-0.2, -0.15) is 0 Å². The van der Waals surface area contributed by atoms with Gasteiger partial charge < -0.3 is 20.5 Å². The molecule has 2 atom stereocenters. The van der Waals surface area contributed by atoms with Crippen molar-refractivity contribution in [3.63, 3.8) is 0 Å². The summed E-state index contributed by atoms with van der Waals surface area (Å²) < 4.78 is 18.3. The van der Waals surface area contributed by atoms with E-state index >= 15 is 0 Å². The van der Waals surface area contributed by atoms with Crippen molar-refractivity contribution in [1.82, 2.24) is 5.32 Å². The third kappa shape index (κ3) is 4.90. The van der Waals surface area contributed by atoms with Gasteiger partial charge in [0, 0.05) is 18.3 Å². The van der Waals surface area contributed by atoms with Crippen LogP contribution in [-0.4, -0.2) is 30.4 Å². The quantitative estimate of drug-likeness (QED) is 0.756. The molecule has 2 amide bonds. The minimum absolute atomic E-state index is 0.0521. The number of carbonyl (C=O) groups excluding carboxylic acids is 1. The lowest BCUT2D eigenvalue weighted by Gasteiger charge is -2.29. The highest BCUT2D eigenvalue weighted by Gasteiger charge is 2.27. The van der Waals surface area contributed by atoms with Crippen molar-refractivity contribution in [2.24, 2.45) is 5.92 Å². The molecule has 6 heteroatoms. The zero-order chi connectivity index (χ0) is 16.0. The number of methoxy groups -OCH3 is 1. The van der Waals surface area contributed by atoms with Crippen LogP contribution in [-0.2, 0) is 0 Å². The Bertz CT molecular complexity index is 492. The van der Waals surface area contributed by atoms with E-state index in [0.29, 0.717) is 5.69 Å². The van der Waals surface area contributed by atoms with Crippen LogP contribution in [0.5, 0.6) is 5.75 Å². The van der Waals surface area contributed by atoms with Crippen LogP contribution in [0.15, 0.2) is 18.2 Å². The van der Waals surface area contributed by atoms with Gasteiger partial charge in [-0.25, -0.2) is 9.18 Å². The molecule has 3 N–H and O–H groups in total. The summed E-state index contributed by atoms with van der Waals surface area (Å²) in [6.07, 6.45) is 0.806. The molecule has 0 aliphatic heterocycles. The van der Waals surface area contributed by atoms with Crippen LogP contribution in [0, 0.1) is 11.7 Å². The van der Waals surface area contributed by atoms with Crippen molar-refractivity contribution in [3.8, 4) is 5.75 Å². The predicted molar refractivity (Wildman–Crippen MR) is 80.1 cm³/mol. The van der Waals surface area contributed by atoms with Gasteiger partial charge in [-0.3, -0.25) is 0 Å². The molecule has 1 aromatic carbocycles. The first-order chi connectivity index (χ1) is 9.80. The Morgan fingerprint density at radius 1 is 1.52 bits per heavy atom. The highest BCUT2D eigenvalue weighted by atomic mass is 19.1. The van der Waals surface area contributed by atoms with Crippen LogP contribution in [0.1, 0.15) is 27.2 Å². The Morgan fingerprint density at radius 2 is 2.19 bits per heavy atom. The lowest BCUT2D eigenvalue weighted by Crippen LogP contribution is -2.46. The maximum Gasteiger partial charge on any atom is 0.319 e. The summed E-state index contributed by atoms with van der Waals surface area (Å²) in [4.78, 5) is 11.7. The van der Waals surface area contributed by atoms with Crippen molar-refractivity contribution < 1.29 is 19.0 Å². The second-order valence-corrected chi connectivity index (χ2v) is 5.32. The second-order valence-electron chi connectivity index (χ2n) is 5.32. The molecular formula is C15H23FN2O3. The predicted octanol–water partition coefficient (Wildman–Crippen LogP) is 2.75. The largest absolute Gasteiger partial charge is 0.494 e. The fraction of sp³-hybridized carbons (Fsp3) is 0.533. The van der Waals surface area contributed by atoms with Gasteiger partial charge in [0.15, 0.2) is 11.6 Å². The zero-order valence-electron chi connectivity index (χ0n) is 12.9. The molecule has 0 aromatic heterocycles. The van der Waals surface area contributed by atoms with E-state index in [9.17, 15) is 14.3 Å². The molecule has 0 spiro atoms. The van der Waals surface area contributed by atoms with Gasteiger partial charge in [-0.1, -0.05) is 20.3 Å². The summed E-state index contributed by atoms with van der Waals surface area (Å²) in [5.41, 5.74) is -0.675. The molecule has 0 saturated carbocycles. The fourth-order valence-electron chi connectivity index (χ4n) is 1.79. The number of halogens is 1. The topological polar surface area (TPSA) is 70.6 Å². The highest BCUT2D eigenvalue weighted by molar-refractivity contribution is 5.89. The molecule has 2 unspecified atom stereocenters. The van der Waals surface area contributed by atoms with Crippen LogP contribution >= 0.6 is 0 Å². The van der Waals surface area contributed by atoms with Gasteiger partial charge in [-0.05, 0) is 25.0 Å². The maximum atomic E-state index is 13.5. The van der Waals surface area contributed by atoms with Crippen LogP contribution < -0.4 is 15.4 Å². The molecule has 0 aliphatic rings. The Kier molecular flexibility index (Phi) is 5.96. The number of aliphatic hydroxyl groups is 1. The van der Waals surface area contributed by atoms with Gasteiger partial charge >= 0.3 is 6.03 Å². The van der Waals surface area contributed by atoms with Gasteiger partial charge in [0.2, 0.25) is 0 Å². The van der Waals surface area contributed by atoms with E-state index in [1.807, 2.05) is 13.8 Å². The van der Waals surface area contributed by atoms with E-state index in [0.717, 1.165) is 6.42 Å². The number of amides is 2. The van der Waals surface area contributed by atoms with Crippen LogP contribution in [0.2, 0.25) is 0 Å². The third-order valence-electron chi connectivity index (χ3n) is 3.69. The normalized spacial score (nSPS) is 15.0.